The molecule has 0 aliphatic carbocycles. The predicted octanol–water partition coefficient (Wildman–Crippen LogP) is 0.817. The third-order valence-corrected chi connectivity index (χ3v) is 9.54. The molecule has 1 aliphatic heterocycles. The number of carbonyl (C=O) groups is 8. The number of hydrogen-bond acceptors (Lipinski definition) is 14. The summed E-state index contributed by atoms with van der Waals surface area (Å²) in [5.74, 6) is -2.50. The van der Waals surface area contributed by atoms with E-state index in [0.717, 1.165) is 0 Å². The number of imide groups is 1. The molecule has 0 bridgehead atoms. The van der Waals surface area contributed by atoms with E-state index in [1.165, 1.54) is 28.9 Å². The van der Waals surface area contributed by atoms with Gasteiger partial charge in [-0.25, -0.2) is 14.4 Å². The number of primary amides is 1. The largest absolute Gasteiger partial charge is 0.453 e. The monoisotopic (exact) mass is 894 g/mol. The first-order valence-corrected chi connectivity index (χ1v) is 20.9. The lowest BCUT2D eigenvalue weighted by Crippen LogP contribution is -2.54. The first kappa shape index (κ1) is 53.6. The summed E-state index contributed by atoms with van der Waals surface area (Å²) in [6, 6.07) is 3.79. The zero-order valence-corrected chi connectivity index (χ0v) is 37.3. The highest BCUT2D eigenvalue weighted by molar-refractivity contribution is 6.03. The zero-order valence-electron chi connectivity index (χ0n) is 37.3. The van der Waals surface area contributed by atoms with E-state index in [1.54, 1.807) is 52.1 Å². The van der Waals surface area contributed by atoms with Gasteiger partial charge in [0.25, 0.3) is 0 Å². The molecule has 0 aromatic heterocycles. The Morgan fingerprint density at radius 1 is 0.810 bits per heavy atom. The molecule has 2 rings (SSSR count). The molecular formula is C41H66N8O14. The summed E-state index contributed by atoms with van der Waals surface area (Å²) in [6.45, 7) is 8.14. The maximum Gasteiger partial charge on any atom is 0.409 e. The first-order valence-electron chi connectivity index (χ1n) is 20.9. The highest BCUT2D eigenvalue weighted by atomic mass is 16.6. The summed E-state index contributed by atoms with van der Waals surface area (Å²) in [5.41, 5.74) is 6.21. The number of rotatable bonds is 30. The van der Waals surface area contributed by atoms with Gasteiger partial charge in [-0.1, -0.05) is 32.9 Å². The maximum absolute atomic E-state index is 13.5. The van der Waals surface area contributed by atoms with E-state index in [-0.39, 0.29) is 102 Å². The molecule has 6 N–H and O–H groups in total. The molecule has 0 spiro atoms. The van der Waals surface area contributed by atoms with Gasteiger partial charge < -0.3 is 65.2 Å². The van der Waals surface area contributed by atoms with Crippen molar-refractivity contribution in [2.24, 2.45) is 17.6 Å². The molecule has 1 fully saturated rings. The van der Waals surface area contributed by atoms with E-state index in [2.05, 4.69) is 26.0 Å². The highest BCUT2D eigenvalue weighted by Gasteiger charge is 2.35. The summed E-state index contributed by atoms with van der Waals surface area (Å²) < 4.78 is 31.8. The van der Waals surface area contributed by atoms with Crippen LogP contribution in [0.3, 0.4) is 0 Å². The molecule has 1 aromatic rings. The number of hydrogen-bond donors (Lipinski definition) is 5. The van der Waals surface area contributed by atoms with E-state index in [4.69, 9.17) is 29.4 Å². The average Bonchev–Trinajstić information content (AvgIpc) is 3.49. The van der Waals surface area contributed by atoms with Crippen molar-refractivity contribution in [3.8, 4) is 0 Å². The fourth-order valence-corrected chi connectivity index (χ4v) is 5.80. The van der Waals surface area contributed by atoms with Gasteiger partial charge in [0.15, 0.2) is 0 Å². The first-order chi connectivity index (χ1) is 30.0. The van der Waals surface area contributed by atoms with Crippen molar-refractivity contribution >= 4 is 53.4 Å². The minimum atomic E-state index is -1.04. The number of amides is 9. The van der Waals surface area contributed by atoms with Crippen LogP contribution in [0.4, 0.5) is 20.1 Å². The van der Waals surface area contributed by atoms with E-state index in [1.807, 2.05) is 0 Å². The Kier molecular flexibility index (Phi) is 25.2. The summed E-state index contributed by atoms with van der Waals surface area (Å²) in [5, 5.41) is 10.7. The van der Waals surface area contributed by atoms with E-state index >= 15 is 0 Å². The summed E-state index contributed by atoms with van der Waals surface area (Å²) in [4.78, 5) is 102. The zero-order chi connectivity index (χ0) is 46.7. The van der Waals surface area contributed by atoms with Gasteiger partial charge in [0.2, 0.25) is 29.5 Å². The van der Waals surface area contributed by atoms with Crippen molar-refractivity contribution in [2.75, 3.05) is 106 Å². The third-order valence-electron chi connectivity index (χ3n) is 9.54. The van der Waals surface area contributed by atoms with Gasteiger partial charge in [0.1, 0.15) is 18.7 Å². The Balaban J connectivity index is 1.74. The van der Waals surface area contributed by atoms with Gasteiger partial charge in [-0.15, -0.1) is 0 Å². The van der Waals surface area contributed by atoms with E-state index in [0.29, 0.717) is 44.1 Å². The van der Waals surface area contributed by atoms with Gasteiger partial charge in [0.05, 0.1) is 66.5 Å². The third kappa shape index (κ3) is 21.4. The molecule has 354 valence electrons. The van der Waals surface area contributed by atoms with Crippen LogP contribution in [-0.4, -0.2) is 175 Å². The van der Waals surface area contributed by atoms with Crippen molar-refractivity contribution in [3.05, 3.63) is 29.8 Å². The number of nitrogens with one attached hydrogen (secondary N) is 4. The van der Waals surface area contributed by atoms with Crippen molar-refractivity contribution < 1.29 is 66.8 Å². The number of ether oxygens (including phenoxy) is 6. The Morgan fingerprint density at radius 3 is 1.92 bits per heavy atom. The number of nitrogens with two attached hydrogens (primary N) is 1. The molecule has 3 atom stereocenters. The van der Waals surface area contributed by atoms with Gasteiger partial charge >= 0.3 is 18.2 Å². The van der Waals surface area contributed by atoms with E-state index < -0.39 is 48.0 Å². The number of methoxy groups -OCH3 is 1. The summed E-state index contributed by atoms with van der Waals surface area (Å²) in [6.07, 6.45) is -0.473. The number of nitrogens with zero attached hydrogens (tertiary/aromatic N) is 3. The van der Waals surface area contributed by atoms with Crippen molar-refractivity contribution in [3.63, 3.8) is 0 Å². The van der Waals surface area contributed by atoms with Crippen LogP contribution in [0.15, 0.2) is 24.3 Å². The molecule has 1 aliphatic rings. The lowest BCUT2D eigenvalue weighted by Gasteiger charge is -2.25. The number of benzene rings is 1. The number of likely N-dealkylation sites (tertiary alicyclic amines) is 1. The molecule has 0 saturated carbocycles. The lowest BCUT2D eigenvalue weighted by atomic mass is 10.0. The minimum Gasteiger partial charge on any atom is -0.453 e. The smallest absolute Gasteiger partial charge is 0.409 e. The number of likely N-dealkylation sites (N-methyl/N-ethyl adjacent to an activating group) is 2. The molecular weight excluding hydrogens is 828 g/mol. The summed E-state index contributed by atoms with van der Waals surface area (Å²) >= 11 is 0. The average molecular weight is 895 g/mol. The Bertz CT molecular complexity index is 1630. The van der Waals surface area contributed by atoms with Crippen molar-refractivity contribution in [1.29, 1.82) is 0 Å². The molecule has 63 heavy (non-hydrogen) atoms. The predicted molar refractivity (Wildman–Crippen MR) is 227 cm³/mol. The molecule has 22 nitrogen and oxygen atoms in total. The van der Waals surface area contributed by atoms with Crippen LogP contribution < -0.4 is 27.0 Å². The topological polar surface area (TPSA) is 276 Å². The van der Waals surface area contributed by atoms with Crippen LogP contribution in [0, 0.1) is 11.8 Å². The molecule has 1 aromatic carbocycles. The minimum absolute atomic E-state index is 0.0258. The Labute approximate surface area is 368 Å². The fourth-order valence-electron chi connectivity index (χ4n) is 5.80. The molecule has 1 heterocycles. The lowest BCUT2D eigenvalue weighted by molar-refractivity contribution is -0.140. The second-order valence-electron chi connectivity index (χ2n) is 15.0. The van der Waals surface area contributed by atoms with E-state index in [9.17, 15) is 38.4 Å². The maximum atomic E-state index is 13.5. The van der Waals surface area contributed by atoms with Gasteiger partial charge in [-0.2, -0.15) is 0 Å². The SMILES string of the molecule is COC(=O)N(C)CCN(C)C(=O)OCc1ccc(NC(=O)[C@H](CCCNC(N)=O)NC(=O)C(NC(=O)CCOCCOCCOCCOCCN2C(=O)CC(C)C2=O)C(C)C)cc1. The number of anilines is 1. The van der Waals surface area contributed by atoms with Crippen LogP contribution in [-0.2, 0) is 59.0 Å². The van der Waals surface area contributed by atoms with Crippen LogP contribution in [0.5, 0.6) is 0 Å². The Morgan fingerprint density at radius 2 is 1.38 bits per heavy atom. The highest BCUT2D eigenvalue weighted by Crippen LogP contribution is 2.18. The number of urea groups is 1. The fraction of sp³-hybridized carbons (Fsp3) is 0.659. The van der Waals surface area contributed by atoms with Crippen LogP contribution in [0.1, 0.15) is 52.0 Å². The molecule has 0 radical (unpaired) electrons. The molecule has 2 unspecified atom stereocenters. The molecule has 1 saturated heterocycles. The van der Waals surface area contributed by atoms with Crippen molar-refractivity contribution in [1.82, 2.24) is 30.7 Å². The number of carbonyl (C=O) groups excluding carboxylic acids is 8. The normalized spacial score (nSPS) is 14.5. The molecule has 22 heteroatoms. The quantitative estimate of drug-likeness (QED) is 0.0529. The molecule has 9 amide bonds. The Hall–Kier alpha value is -5.58. The standard InChI is InChI=1S/C41H66N8O14/c1-28(2)35(46-33(50)13-18-59-20-22-61-24-25-62-23-21-60-19-17-49-34(51)26-29(3)38(49)54)37(53)45-32(8-7-14-43-39(42)55)36(52)44-31-11-9-30(10-12-31)27-63-41(57)48(5)16-15-47(4)40(56)58-6/h9-12,28-29,32,35H,7-8,13-27H2,1-6H3,(H,44,52)(H,45,53)(H,46,50)(H3,42,43,55)/t29?,32-,35?/m0/s1. The van der Waals surface area contributed by atoms with Gasteiger partial charge in [0, 0.05) is 58.2 Å². The van der Waals surface area contributed by atoms with Gasteiger partial charge in [-0.3, -0.25) is 28.9 Å². The van der Waals surface area contributed by atoms with Gasteiger partial charge in [-0.05, 0) is 36.5 Å². The van der Waals surface area contributed by atoms with Crippen LogP contribution in [0.2, 0.25) is 0 Å². The van der Waals surface area contributed by atoms with Crippen LogP contribution in [0.25, 0.3) is 0 Å². The van der Waals surface area contributed by atoms with Crippen molar-refractivity contribution in [2.45, 2.75) is 65.1 Å². The van der Waals surface area contributed by atoms with Crippen LogP contribution >= 0.6 is 0 Å². The summed E-state index contributed by atoms with van der Waals surface area (Å²) in [7, 11) is 4.35. The second kappa shape index (κ2) is 29.7. The second-order valence-corrected chi connectivity index (χ2v) is 15.0.